The molecule has 0 unspecified atom stereocenters. The second kappa shape index (κ2) is 14.2. The molecular weight excluding hydrogens is 560 g/mol. The number of nitrogens with one attached hydrogen (secondary N) is 1. The third-order valence-electron chi connectivity index (χ3n) is 4.42. The van der Waals surface area contributed by atoms with Crippen molar-refractivity contribution in [2.24, 2.45) is 0 Å². The van der Waals surface area contributed by atoms with E-state index >= 15 is 0 Å². The molecule has 2 aromatic heterocycles. The van der Waals surface area contributed by atoms with E-state index in [-0.39, 0.29) is 55.7 Å². The van der Waals surface area contributed by atoms with E-state index < -0.39 is 0 Å². The zero-order valence-electron chi connectivity index (χ0n) is 19.2. The fourth-order valence-electron chi connectivity index (χ4n) is 2.93. The minimum Gasteiger partial charge on any atom is -0.494 e. The maximum Gasteiger partial charge on any atom is 0.322 e. The third kappa shape index (κ3) is 7.52. The summed E-state index contributed by atoms with van der Waals surface area (Å²) in [5.74, 6) is 2.21. The summed E-state index contributed by atoms with van der Waals surface area (Å²) in [7, 11) is 1.60. The smallest absolute Gasteiger partial charge is 0.322 e. The lowest BCUT2D eigenvalue weighted by molar-refractivity contribution is 0.376. The Bertz CT molecular complexity index is 1220. The van der Waals surface area contributed by atoms with Gasteiger partial charge >= 0.3 is 6.01 Å². The van der Waals surface area contributed by atoms with Crippen LogP contribution in [-0.2, 0) is 0 Å². The molecule has 4 aromatic rings. The normalized spacial score (nSPS) is 9.77. The molecule has 0 radical (unpaired) electrons. The van der Waals surface area contributed by atoms with Crippen LogP contribution in [0.1, 0.15) is 25.7 Å². The summed E-state index contributed by atoms with van der Waals surface area (Å²) >= 11 is 6.22. The van der Waals surface area contributed by atoms with Gasteiger partial charge in [0.25, 0.3) is 0 Å². The summed E-state index contributed by atoms with van der Waals surface area (Å²) in [5.41, 5.74) is 1.53. The first-order chi connectivity index (χ1) is 14.9. The number of halogens is 5. The van der Waals surface area contributed by atoms with Crippen LogP contribution in [0.5, 0.6) is 17.5 Å². The average molecular weight is 586 g/mol. The maximum absolute atomic E-state index is 6.22. The number of aromatic nitrogens is 6. The molecule has 2 aromatic carbocycles. The molecule has 0 fully saturated rings. The molecular formula is C21H26Cl5N7O2. The fraction of sp³-hybridized carbons (Fsp3) is 0.238. The van der Waals surface area contributed by atoms with Gasteiger partial charge in [-0.15, -0.1) is 54.7 Å². The second-order valence-corrected chi connectivity index (χ2v) is 7.44. The highest BCUT2D eigenvalue weighted by Gasteiger charge is 2.17. The zero-order valence-corrected chi connectivity index (χ0v) is 23.2. The molecule has 14 heteroatoms. The number of anilines is 2. The molecule has 2 heterocycles. The van der Waals surface area contributed by atoms with Gasteiger partial charge in [-0.2, -0.15) is 10.1 Å². The number of aryl methyl sites for hydroxylation is 1. The Kier molecular flexibility index (Phi) is 13.2. The number of para-hydroxylation sites is 1. The number of nitrogens with zero attached hydrogens (tertiary/aromatic N) is 6. The van der Waals surface area contributed by atoms with E-state index in [1.807, 2.05) is 51.1 Å². The zero-order chi connectivity index (χ0) is 22.0. The lowest BCUT2D eigenvalue weighted by atomic mass is 10.2. The van der Waals surface area contributed by atoms with Crippen molar-refractivity contribution in [2.45, 2.75) is 26.8 Å². The topological polar surface area (TPSA) is 91.9 Å². The predicted octanol–water partition coefficient (Wildman–Crippen LogP) is 6.63. The number of hydrogen-bond donors (Lipinski definition) is 1. The standard InChI is InChI=1S/C21H22ClN7O2.4ClH/c1-13(2)29-21(31-18-8-6-5-7-16(18)22)25-20(27-29)24-15-9-10-17(19(11-15)30-4)28-12-23-14(3)26-28;;;;/h5-13H,1-4H3,(H,24,27);4*1H. The van der Waals surface area contributed by atoms with E-state index in [1.165, 1.54) is 0 Å². The molecule has 35 heavy (non-hydrogen) atoms. The van der Waals surface area contributed by atoms with E-state index in [9.17, 15) is 0 Å². The second-order valence-electron chi connectivity index (χ2n) is 7.04. The first-order valence-corrected chi connectivity index (χ1v) is 10.0. The van der Waals surface area contributed by atoms with Crippen LogP contribution >= 0.6 is 61.2 Å². The Morgan fingerprint density at radius 3 is 2.29 bits per heavy atom. The lowest BCUT2D eigenvalue weighted by Crippen LogP contribution is -2.05. The monoisotopic (exact) mass is 583 g/mol. The summed E-state index contributed by atoms with van der Waals surface area (Å²) < 4.78 is 14.8. The molecule has 192 valence electrons. The van der Waals surface area contributed by atoms with Gasteiger partial charge in [-0.3, -0.25) is 0 Å². The van der Waals surface area contributed by atoms with Crippen molar-refractivity contribution in [3.05, 3.63) is 59.6 Å². The van der Waals surface area contributed by atoms with Crippen LogP contribution in [0.3, 0.4) is 0 Å². The summed E-state index contributed by atoms with van der Waals surface area (Å²) in [6, 6.07) is 13.2. The number of rotatable bonds is 7. The van der Waals surface area contributed by atoms with Crippen molar-refractivity contribution in [1.82, 2.24) is 29.5 Å². The van der Waals surface area contributed by atoms with Crippen LogP contribution < -0.4 is 14.8 Å². The summed E-state index contributed by atoms with van der Waals surface area (Å²) in [6.45, 7) is 5.82. The molecule has 4 rings (SSSR count). The molecule has 0 aliphatic carbocycles. The minimum atomic E-state index is 0. The SMILES string of the molecule is COc1cc(Nc2nc(Oc3ccccc3Cl)n(C(C)C)n2)ccc1-n1cnc(C)n1.Cl.Cl.Cl.Cl. The summed E-state index contributed by atoms with van der Waals surface area (Å²) in [4.78, 5) is 8.66. The van der Waals surface area contributed by atoms with E-state index in [1.54, 1.807) is 34.9 Å². The van der Waals surface area contributed by atoms with E-state index in [4.69, 9.17) is 21.1 Å². The van der Waals surface area contributed by atoms with E-state index in [0.717, 1.165) is 11.4 Å². The average Bonchev–Trinajstić information content (AvgIpc) is 3.36. The van der Waals surface area contributed by atoms with Crippen LogP contribution in [0.2, 0.25) is 5.02 Å². The first kappa shape index (κ1) is 32.6. The molecule has 0 saturated carbocycles. The molecule has 0 spiro atoms. The van der Waals surface area contributed by atoms with Crippen molar-refractivity contribution < 1.29 is 9.47 Å². The molecule has 0 aliphatic heterocycles. The van der Waals surface area contributed by atoms with Gasteiger partial charge in [0.15, 0.2) is 0 Å². The third-order valence-corrected chi connectivity index (χ3v) is 4.73. The number of methoxy groups -OCH3 is 1. The first-order valence-electron chi connectivity index (χ1n) is 9.67. The summed E-state index contributed by atoms with van der Waals surface area (Å²) in [6.07, 6.45) is 1.64. The molecule has 9 nitrogen and oxygen atoms in total. The molecule has 0 amide bonds. The Balaban J connectivity index is 0.00000289. The van der Waals surface area contributed by atoms with Crippen molar-refractivity contribution in [3.8, 4) is 23.2 Å². The van der Waals surface area contributed by atoms with Gasteiger partial charge in [0.05, 0.1) is 18.2 Å². The Hall–Kier alpha value is -2.43. The predicted molar refractivity (Wildman–Crippen MR) is 147 cm³/mol. The highest BCUT2D eigenvalue weighted by Crippen LogP contribution is 2.31. The number of hydrogen-bond acceptors (Lipinski definition) is 7. The number of benzene rings is 2. The van der Waals surface area contributed by atoms with Crippen molar-refractivity contribution in [2.75, 3.05) is 12.4 Å². The maximum atomic E-state index is 6.22. The van der Waals surface area contributed by atoms with Gasteiger partial charge in [0.2, 0.25) is 5.95 Å². The van der Waals surface area contributed by atoms with E-state index in [2.05, 4.69) is 25.5 Å². The molecule has 1 N–H and O–H groups in total. The van der Waals surface area contributed by atoms with Crippen LogP contribution in [0.4, 0.5) is 11.6 Å². The minimum absolute atomic E-state index is 0. The largest absolute Gasteiger partial charge is 0.494 e. The summed E-state index contributed by atoms with van der Waals surface area (Å²) in [5, 5.41) is 12.6. The van der Waals surface area contributed by atoms with Gasteiger partial charge in [-0.05, 0) is 45.0 Å². The molecule has 0 aliphatic rings. The van der Waals surface area contributed by atoms with Gasteiger partial charge in [-0.25, -0.2) is 14.3 Å². The van der Waals surface area contributed by atoms with Crippen LogP contribution in [0, 0.1) is 6.92 Å². The Labute approximate surface area is 233 Å². The fourth-order valence-corrected chi connectivity index (χ4v) is 3.10. The van der Waals surface area contributed by atoms with Crippen molar-refractivity contribution in [3.63, 3.8) is 0 Å². The van der Waals surface area contributed by atoms with Gasteiger partial charge < -0.3 is 14.8 Å². The van der Waals surface area contributed by atoms with Crippen LogP contribution in [0.25, 0.3) is 5.69 Å². The van der Waals surface area contributed by atoms with Crippen molar-refractivity contribution in [1.29, 1.82) is 0 Å². The molecule has 0 bridgehead atoms. The lowest BCUT2D eigenvalue weighted by Gasteiger charge is -2.10. The molecule has 0 atom stereocenters. The van der Waals surface area contributed by atoms with Crippen LogP contribution in [0.15, 0.2) is 48.8 Å². The number of ether oxygens (including phenoxy) is 2. The highest BCUT2D eigenvalue weighted by molar-refractivity contribution is 6.32. The van der Waals surface area contributed by atoms with Gasteiger partial charge in [0, 0.05) is 11.8 Å². The van der Waals surface area contributed by atoms with Gasteiger partial charge in [-0.1, -0.05) is 23.7 Å². The van der Waals surface area contributed by atoms with Gasteiger partial charge in [0.1, 0.15) is 29.3 Å². The quantitative estimate of drug-likeness (QED) is 0.260. The Morgan fingerprint density at radius 1 is 0.971 bits per heavy atom. The molecule has 0 saturated heterocycles. The Morgan fingerprint density at radius 2 is 1.69 bits per heavy atom. The van der Waals surface area contributed by atoms with E-state index in [0.29, 0.717) is 34.3 Å². The van der Waals surface area contributed by atoms with Crippen molar-refractivity contribution >= 4 is 72.9 Å². The highest BCUT2D eigenvalue weighted by atomic mass is 35.5. The van der Waals surface area contributed by atoms with Crippen LogP contribution in [-0.4, -0.2) is 36.6 Å².